The second-order valence-electron chi connectivity index (χ2n) is 6.95. The van der Waals surface area contributed by atoms with Crippen molar-refractivity contribution in [2.75, 3.05) is 5.32 Å². The molecule has 0 aliphatic carbocycles. The van der Waals surface area contributed by atoms with Gasteiger partial charge in [0.15, 0.2) is 16.9 Å². The highest BCUT2D eigenvalue weighted by atomic mass is 35.5. The van der Waals surface area contributed by atoms with Gasteiger partial charge < -0.3 is 9.72 Å². The molecule has 5 aromatic rings. The number of aryl methyl sites for hydroxylation is 1. The van der Waals surface area contributed by atoms with Gasteiger partial charge in [-0.3, -0.25) is 10.00 Å². The molecule has 0 fully saturated rings. The fraction of sp³-hybridized carbons (Fsp3) is 0.0455. The van der Waals surface area contributed by atoms with Crippen molar-refractivity contribution < 1.29 is 9.53 Å². The first-order valence-electron chi connectivity index (χ1n) is 9.47. The minimum Gasteiger partial charge on any atom is -0.406 e. The number of H-pyrrole nitrogens is 1. The second-order valence-corrected chi connectivity index (χ2v) is 7.38. The number of benzene rings is 2. The average Bonchev–Trinajstić information content (AvgIpc) is 3.34. The first kappa shape index (κ1) is 19.5. The Morgan fingerprint density at radius 1 is 1.28 bits per heavy atom. The van der Waals surface area contributed by atoms with E-state index in [-0.39, 0.29) is 5.75 Å². The van der Waals surface area contributed by atoms with E-state index < -0.39 is 6.09 Å². The molecule has 0 aliphatic heterocycles. The third kappa shape index (κ3) is 3.49. The lowest BCUT2D eigenvalue weighted by molar-refractivity contribution is 0.215. The Morgan fingerprint density at radius 2 is 2.16 bits per heavy atom. The number of hydrogen-bond donors (Lipinski definition) is 2. The first-order chi connectivity index (χ1) is 15.5. The topological polar surface area (TPSA) is 122 Å². The summed E-state index contributed by atoms with van der Waals surface area (Å²) < 4.78 is 7.16. The summed E-state index contributed by atoms with van der Waals surface area (Å²) in [7, 11) is 1.82. The van der Waals surface area contributed by atoms with E-state index in [0.29, 0.717) is 38.8 Å². The van der Waals surface area contributed by atoms with Crippen LogP contribution in [0.1, 0.15) is 5.56 Å². The number of amides is 1. The molecule has 0 bridgehead atoms. The van der Waals surface area contributed by atoms with Crippen LogP contribution in [0.15, 0.2) is 54.9 Å². The molecule has 3 heterocycles. The summed E-state index contributed by atoms with van der Waals surface area (Å²) in [6.45, 7) is 0. The molecule has 32 heavy (non-hydrogen) atoms. The number of rotatable bonds is 3. The van der Waals surface area contributed by atoms with E-state index in [1.54, 1.807) is 41.2 Å². The Morgan fingerprint density at radius 3 is 3.00 bits per heavy atom. The summed E-state index contributed by atoms with van der Waals surface area (Å²) in [6.07, 6.45) is 2.40. The summed E-state index contributed by atoms with van der Waals surface area (Å²) in [5.74, 6) is 0.214. The van der Waals surface area contributed by atoms with Crippen molar-refractivity contribution >= 4 is 45.4 Å². The van der Waals surface area contributed by atoms with Crippen molar-refractivity contribution in [2.24, 2.45) is 7.05 Å². The zero-order chi connectivity index (χ0) is 22.2. The number of nitrogens with one attached hydrogen (secondary N) is 2. The Balaban J connectivity index is 1.47. The van der Waals surface area contributed by atoms with Crippen molar-refractivity contribution in [3.63, 3.8) is 0 Å². The highest BCUT2D eigenvalue weighted by Gasteiger charge is 2.17. The van der Waals surface area contributed by atoms with Gasteiger partial charge in [-0.15, -0.1) is 0 Å². The predicted octanol–water partition coefficient (Wildman–Crippen LogP) is 4.65. The normalized spacial score (nSPS) is 10.9. The van der Waals surface area contributed by atoms with Crippen LogP contribution in [0.5, 0.6) is 5.75 Å². The molecule has 0 unspecified atom stereocenters. The van der Waals surface area contributed by atoms with Crippen molar-refractivity contribution in [1.82, 2.24) is 24.7 Å². The number of anilines is 1. The summed E-state index contributed by atoms with van der Waals surface area (Å²) in [6, 6.07) is 14.0. The molecular formula is C22H14ClN7O2. The van der Waals surface area contributed by atoms with Gasteiger partial charge >= 0.3 is 6.09 Å². The predicted molar refractivity (Wildman–Crippen MR) is 119 cm³/mol. The van der Waals surface area contributed by atoms with Gasteiger partial charge in [-0.1, -0.05) is 17.7 Å². The lowest BCUT2D eigenvalue weighted by atomic mass is 10.2. The molecule has 9 nitrogen and oxygen atoms in total. The maximum Gasteiger partial charge on any atom is 0.417 e. The van der Waals surface area contributed by atoms with E-state index in [2.05, 4.69) is 25.4 Å². The van der Waals surface area contributed by atoms with Crippen LogP contribution in [0.25, 0.3) is 33.5 Å². The quantitative estimate of drug-likeness (QED) is 0.418. The smallest absolute Gasteiger partial charge is 0.406 e. The van der Waals surface area contributed by atoms with Crippen LogP contribution in [0.3, 0.4) is 0 Å². The molecule has 5 rings (SSSR count). The van der Waals surface area contributed by atoms with Crippen molar-refractivity contribution in [1.29, 1.82) is 5.26 Å². The zero-order valence-corrected chi connectivity index (χ0v) is 17.4. The van der Waals surface area contributed by atoms with Gasteiger partial charge in [0.2, 0.25) is 0 Å². The molecule has 0 spiro atoms. The molecule has 2 aromatic carbocycles. The van der Waals surface area contributed by atoms with E-state index in [0.717, 1.165) is 10.9 Å². The highest BCUT2D eigenvalue weighted by molar-refractivity contribution is 6.31. The Labute approximate surface area is 186 Å². The summed E-state index contributed by atoms with van der Waals surface area (Å²) >= 11 is 6.11. The van der Waals surface area contributed by atoms with Crippen LogP contribution in [-0.4, -0.2) is 30.8 Å². The van der Waals surface area contributed by atoms with Gasteiger partial charge in [0.05, 0.1) is 23.3 Å². The van der Waals surface area contributed by atoms with Gasteiger partial charge in [0.1, 0.15) is 11.4 Å². The average molecular weight is 444 g/mol. The maximum atomic E-state index is 12.4. The molecule has 0 atom stereocenters. The largest absolute Gasteiger partial charge is 0.417 e. The van der Waals surface area contributed by atoms with E-state index >= 15 is 0 Å². The monoisotopic (exact) mass is 443 g/mol. The van der Waals surface area contributed by atoms with E-state index in [4.69, 9.17) is 21.6 Å². The number of nitrogens with zero attached hydrogens (tertiary/aromatic N) is 5. The minimum atomic E-state index is -0.717. The number of ether oxygens (including phenoxy) is 1. The molecule has 10 heteroatoms. The molecule has 0 radical (unpaired) electrons. The van der Waals surface area contributed by atoms with E-state index in [1.165, 1.54) is 6.20 Å². The van der Waals surface area contributed by atoms with Crippen LogP contribution < -0.4 is 10.1 Å². The van der Waals surface area contributed by atoms with Crippen LogP contribution in [-0.2, 0) is 7.05 Å². The summed E-state index contributed by atoms with van der Waals surface area (Å²) in [5.41, 5.74) is 3.74. The maximum absolute atomic E-state index is 12.4. The lowest BCUT2D eigenvalue weighted by Crippen LogP contribution is -2.16. The highest BCUT2D eigenvalue weighted by Crippen LogP contribution is 2.30. The summed E-state index contributed by atoms with van der Waals surface area (Å²) in [5, 5.41) is 17.6. The minimum absolute atomic E-state index is 0.214. The third-order valence-corrected chi connectivity index (χ3v) is 5.08. The van der Waals surface area contributed by atoms with Crippen LogP contribution in [0.2, 0.25) is 5.02 Å². The number of halogens is 1. The molecule has 0 saturated heterocycles. The standard InChI is InChI=1S/C22H14ClN7O2/c1-30-17-8-13(23)5-6-15(17)19(29-30)16-10-25-21-20(28-16)18(11-26-21)32-22(31)27-14-4-2-3-12(7-14)9-24/h2-8,10-11H,1H3,(H,25,26)(H,27,31). The number of fused-ring (bicyclic) bond motifs is 2. The number of carbonyl (C=O) groups is 1. The van der Waals surface area contributed by atoms with Crippen molar-refractivity contribution in [3.8, 4) is 23.2 Å². The molecule has 156 valence electrons. The molecule has 0 saturated carbocycles. The molecule has 2 N–H and O–H groups in total. The van der Waals surface area contributed by atoms with Gasteiger partial charge in [0.25, 0.3) is 0 Å². The zero-order valence-electron chi connectivity index (χ0n) is 16.6. The number of hydrogen-bond acceptors (Lipinski definition) is 6. The fourth-order valence-electron chi connectivity index (χ4n) is 3.39. The van der Waals surface area contributed by atoms with Crippen LogP contribution >= 0.6 is 11.6 Å². The molecule has 3 aromatic heterocycles. The second kappa shape index (κ2) is 7.68. The number of aromatic amines is 1. The van der Waals surface area contributed by atoms with Crippen LogP contribution in [0, 0.1) is 11.3 Å². The van der Waals surface area contributed by atoms with Gasteiger partial charge in [-0.2, -0.15) is 10.4 Å². The Hall–Kier alpha value is -4.42. The third-order valence-electron chi connectivity index (χ3n) is 4.84. The Bertz CT molecular complexity index is 1550. The van der Waals surface area contributed by atoms with E-state index in [9.17, 15) is 4.79 Å². The van der Waals surface area contributed by atoms with Crippen molar-refractivity contribution in [3.05, 3.63) is 65.4 Å². The van der Waals surface area contributed by atoms with Gasteiger partial charge in [-0.05, 0) is 36.4 Å². The molecular weight excluding hydrogens is 430 g/mol. The summed E-state index contributed by atoms with van der Waals surface area (Å²) in [4.78, 5) is 24.3. The van der Waals surface area contributed by atoms with Gasteiger partial charge in [0, 0.05) is 29.3 Å². The fourth-order valence-corrected chi connectivity index (χ4v) is 3.56. The first-order valence-corrected chi connectivity index (χ1v) is 9.85. The molecule has 1 amide bonds. The van der Waals surface area contributed by atoms with E-state index in [1.807, 2.05) is 25.2 Å². The van der Waals surface area contributed by atoms with Gasteiger partial charge in [-0.25, -0.2) is 14.8 Å². The molecule has 0 aliphatic rings. The number of nitriles is 1. The number of aromatic nitrogens is 5. The SMILES string of the molecule is Cn1nc(-c2cnc3[nH]cc(OC(=O)Nc4cccc(C#N)c4)c3n2)c2ccc(Cl)cc21. The Kier molecular flexibility index (Phi) is 4.69. The van der Waals surface area contributed by atoms with Crippen LogP contribution in [0.4, 0.5) is 10.5 Å². The number of carbonyl (C=O) groups excluding carboxylic acids is 1. The van der Waals surface area contributed by atoms with Crippen molar-refractivity contribution in [2.45, 2.75) is 0 Å². The lowest BCUT2D eigenvalue weighted by Gasteiger charge is -2.06.